The Morgan fingerprint density at radius 1 is 1.29 bits per heavy atom. The Kier molecular flexibility index (Phi) is 4.92. The average molecular weight is 262 g/mol. The van der Waals surface area contributed by atoms with Gasteiger partial charge in [0.25, 0.3) is 0 Å². The Hall–Kier alpha value is -1.11. The first-order valence-electron chi connectivity index (χ1n) is 5.55. The number of amides is 2. The molecule has 0 saturated carbocycles. The molecule has 1 aliphatic heterocycles. The van der Waals surface area contributed by atoms with Gasteiger partial charge < -0.3 is 15.3 Å². The Bertz CT molecular complexity index is 322. The zero-order valence-electron chi connectivity index (χ0n) is 10.0. The van der Waals surface area contributed by atoms with Gasteiger partial charge in [-0.15, -0.1) is 0 Å². The number of carbonyl (C=O) groups excluding carboxylic acids is 1. The van der Waals surface area contributed by atoms with Gasteiger partial charge in [0.15, 0.2) is 0 Å². The molecule has 1 atom stereocenters. The maximum atomic E-state index is 11.8. The highest BCUT2D eigenvalue weighted by Gasteiger charge is 2.27. The minimum Gasteiger partial charge on any atom is -0.480 e. The summed E-state index contributed by atoms with van der Waals surface area (Å²) >= 11 is 0. The fourth-order valence-electron chi connectivity index (χ4n) is 1.58. The molecule has 0 aliphatic carbocycles. The molecular weight excluding hydrogens is 244 g/mol. The van der Waals surface area contributed by atoms with Crippen LogP contribution in [0.5, 0.6) is 0 Å². The summed E-state index contributed by atoms with van der Waals surface area (Å²) in [5.74, 6) is -0.274. The summed E-state index contributed by atoms with van der Waals surface area (Å²) in [6.45, 7) is 4.32. The zero-order valence-corrected chi connectivity index (χ0v) is 10.8. The molecule has 1 unspecified atom stereocenters. The molecule has 17 heavy (non-hydrogen) atoms. The minimum atomic E-state index is -1.03. The molecule has 0 aromatic carbocycles. The van der Waals surface area contributed by atoms with Crippen LogP contribution in [0.15, 0.2) is 0 Å². The monoisotopic (exact) mass is 262 g/mol. The van der Waals surface area contributed by atoms with Crippen LogP contribution in [0.1, 0.15) is 13.8 Å². The van der Waals surface area contributed by atoms with E-state index >= 15 is 0 Å². The van der Waals surface area contributed by atoms with Crippen LogP contribution in [0, 0.1) is 5.92 Å². The standard InChI is InChI=1S/C10H18N2O4S/c1-7(2)8(9(13)14)11-10(15)12-3-5-17(16)6-4-12/h7-8H,3-6H2,1-2H3,(H,11,15)(H,13,14). The van der Waals surface area contributed by atoms with Crippen molar-refractivity contribution in [2.24, 2.45) is 5.92 Å². The average Bonchev–Trinajstić information content (AvgIpc) is 2.25. The number of nitrogens with zero attached hydrogens (tertiary/aromatic N) is 1. The summed E-state index contributed by atoms with van der Waals surface area (Å²) in [7, 11) is -0.846. The number of hydrogen-bond donors (Lipinski definition) is 2. The van der Waals surface area contributed by atoms with Gasteiger partial charge in [-0.1, -0.05) is 13.8 Å². The molecule has 2 N–H and O–H groups in total. The summed E-state index contributed by atoms with van der Waals surface area (Å²) in [5.41, 5.74) is 0. The Morgan fingerprint density at radius 2 is 1.82 bits per heavy atom. The van der Waals surface area contributed by atoms with E-state index in [9.17, 15) is 13.8 Å². The molecule has 7 heteroatoms. The Labute approximate surface area is 103 Å². The summed E-state index contributed by atoms with van der Waals surface area (Å²) in [4.78, 5) is 24.2. The molecule has 1 saturated heterocycles. The van der Waals surface area contributed by atoms with E-state index in [0.29, 0.717) is 24.6 Å². The second kappa shape index (κ2) is 6.00. The SMILES string of the molecule is CC(C)C(NC(=O)N1CCS(=O)CC1)C(=O)O. The lowest BCUT2D eigenvalue weighted by Gasteiger charge is -2.28. The fraction of sp³-hybridized carbons (Fsp3) is 0.800. The van der Waals surface area contributed by atoms with Crippen LogP contribution in [0.25, 0.3) is 0 Å². The molecule has 0 bridgehead atoms. The van der Waals surface area contributed by atoms with E-state index in [1.54, 1.807) is 13.8 Å². The summed E-state index contributed by atoms with van der Waals surface area (Å²) in [5, 5.41) is 11.4. The summed E-state index contributed by atoms with van der Waals surface area (Å²) < 4.78 is 11.1. The van der Waals surface area contributed by atoms with Crippen LogP contribution in [-0.4, -0.2) is 56.9 Å². The maximum Gasteiger partial charge on any atom is 0.326 e. The van der Waals surface area contributed by atoms with Crippen molar-refractivity contribution in [3.63, 3.8) is 0 Å². The van der Waals surface area contributed by atoms with Crippen molar-refractivity contribution in [1.29, 1.82) is 0 Å². The fourth-order valence-corrected chi connectivity index (χ4v) is 2.63. The number of hydrogen-bond acceptors (Lipinski definition) is 3. The second-order valence-corrected chi connectivity index (χ2v) is 6.04. The molecule has 6 nitrogen and oxygen atoms in total. The van der Waals surface area contributed by atoms with E-state index in [1.807, 2.05) is 0 Å². The van der Waals surface area contributed by atoms with Gasteiger partial charge in [-0.2, -0.15) is 0 Å². The smallest absolute Gasteiger partial charge is 0.326 e. The molecule has 0 aromatic heterocycles. The van der Waals surface area contributed by atoms with E-state index < -0.39 is 22.8 Å². The maximum absolute atomic E-state index is 11.8. The van der Waals surface area contributed by atoms with Crippen LogP contribution in [0.2, 0.25) is 0 Å². The van der Waals surface area contributed by atoms with Gasteiger partial charge in [-0.25, -0.2) is 9.59 Å². The first kappa shape index (κ1) is 14.0. The normalized spacial score (nSPS) is 19.1. The number of aliphatic carboxylic acids is 1. The van der Waals surface area contributed by atoms with Crippen molar-refractivity contribution in [3.8, 4) is 0 Å². The topological polar surface area (TPSA) is 86.7 Å². The molecule has 1 fully saturated rings. The van der Waals surface area contributed by atoms with E-state index in [-0.39, 0.29) is 11.9 Å². The highest BCUT2D eigenvalue weighted by Crippen LogP contribution is 2.05. The highest BCUT2D eigenvalue weighted by molar-refractivity contribution is 7.85. The van der Waals surface area contributed by atoms with E-state index in [4.69, 9.17) is 5.11 Å². The lowest BCUT2D eigenvalue weighted by Crippen LogP contribution is -2.53. The largest absolute Gasteiger partial charge is 0.480 e. The van der Waals surface area contributed by atoms with Gasteiger partial charge >= 0.3 is 12.0 Å². The van der Waals surface area contributed by atoms with Crippen LogP contribution < -0.4 is 5.32 Å². The van der Waals surface area contributed by atoms with Crippen molar-refractivity contribution in [1.82, 2.24) is 10.2 Å². The van der Waals surface area contributed by atoms with Crippen LogP contribution >= 0.6 is 0 Å². The Morgan fingerprint density at radius 3 is 2.24 bits per heavy atom. The third-order valence-electron chi connectivity index (χ3n) is 2.68. The zero-order chi connectivity index (χ0) is 13.0. The summed E-state index contributed by atoms with van der Waals surface area (Å²) in [6, 6.07) is -1.27. The predicted molar refractivity (Wildman–Crippen MR) is 64.2 cm³/mol. The van der Waals surface area contributed by atoms with Crippen LogP contribution in [-0.2, 0) is 15.6 Å². The van der Waals surface area contributed by atoms with Gasteiger partial charge in [-0.05, 0) is 5.92 Å². The van der Waals surface area contributed by atoms with Gasteiger partial charge in [0.2, 0.25) is 0 Å². The summed E-state index contributed by atoms with van der Waals surface area (Å²) in [6.07, 6.45) is 0. The van der Waals surface area contributed by atoms with Gasteiger partial charge in [-0.3, -0.25) is 4.21 Å². The van der Waals surface area contributed by atoms with E-state index in [2.05, 4.69) is 5.32 Å². The second-order valence-electron chi connectivity index (χ2n) is 4.34. The van der Waals surface area contributed by atoms with Gasteiger partial charge in [0.1, 0.15) is 6.04 Å². The molecule has 0 spiro atoms. The number of urea groups is 1. The van der Waals surface area contributed by atoms with E-state index in [0.717, 1.165) is 0 Å². The number of carboxylic acids is 1. The highest BCUT2D eigenvalue weighted by atomic mass is 32.2. The number of carboxylic acid groups (broad SMARTS) is 1. The van der Waals surface area contributed by atoms with Crippen molar-refractivity contribution in [3.05, 3.63) is 0 Å². The van der Waals surface area contributed by atoms with E-state index in [1.165, 1.54) is 4.90 Å². The van der Waals surface area contributed by atoms with Gasteiger partial charge in [0, 0.05) is 35.4 Å². The quantitative estimate of drug-likeness (QED) is 0.741. The molecule has 1 aliphatic rings. The molecule has 0 aromatic rings. The third-order valence-corrected chi connectivity index (χ3v) is 3.95. The molecule has 1 heterocycles. The molecular formula is C10H18N2O4S. The molecule has 0 radical (unpaired) electrons. The number of rotatable bonds is 3. The van der Waals surface area contributed by atoms with Crippen LogP contribution in [0.3, 0.4) is 0 Å². The van der Waals surface area contributed by atoms with Crippen LogP contribution in [0.4, 0.5) is 4.79 Å². The minimum absolute atomic E-state index is 0.171. The number of nitrogens with one attached hydrogen (secondary N) is 1. The van der Waals surface area contributed by atoms with Crippen molar-refractivity contribution < 1.29 is 18.9 Å². The predicted octanol–water partition coefficient (Wildman–Crippen LogP) is -0.130. The first-order chi connectivity index (χ1) is 7.91. The first-order valence-corrected chi connectivity index (χ1v) is 7.04. The van der Waals surface area contributed by atoms with Gasteiger partial charge in [0.05, 0.1) is 0 Å². The molecule has 1 rings (SSSR count). The number of carbonyl (C=O) groups is 2. The van der Waals surface area contributed by atoms with Crippen molar-refractivity contribution in [2.45, 2.75) is 19.9 Å². The van der Waals surface area contributed by atoms with Crippen molar-refractivity contribution >= 4 is 22.8 Å². The Balaban J connectivity index is 2.53. The van der Waals surface area contributed by atoms with Crippen molar-refractivity contribution in [2.75, 3.05) is 24.6 Å². The lowest BCUT2D eigenvalue weighted by molar-refractivity contribution is -0.140. The lowest BCUT2D eigenvalue weighted by atomic mass is 10.1. The molecule has 2 amide bonds. The third kappa shape index (κ3) is 3.99. The molecule has 98 valence electrons.